The summed E-state index contributed by atoms with van der Waals surface area (Å²) in [4.78, 5) is 30.0. The number of aliphatic hydroxyl groups excluding tert-OH is 1. The Morgan fingerprint density at radius 3 is 1.91 bits per heavy atom. The molecule has 10 heteroatoms. The quantitative estimate of drug-likeness (QED) is 0.0989. The number of hydrogen-bond donors (Lipinski definition) is 2. The Morgan fingerprint density at radius 1 is 0.707 bits per heavy atom. The number of aromatic amines is 1. The number of nitrogens with one attached hydrogen (secondary N) is 1. The number of aliphatic hydroxyl groups is 1. The number of hydrogen-bond acceptors (Lipinski definition) is 8. The first kappa shape index (κ1) is 37.3. The highest BCUT2D eigenvalue weighted by Gasteiger charge is 2.49. The molecular weight excluding hydrogens is 731 g/mol. The zero-order chi connectivity index (χ0) is 40.0. The molecule has 2 N–H and O–H groups in total. The average molecular weight is 774 g/mol. The number of aromatic nitrogens is 2. The van der Waals surface area contributed by atoms with E-state index in [9.17, 15) is 14.7 Å². The predicted molar refractivity (Wildman–Crippen MR) is 225 cm³/mol. The van der Waals surface area contributed by atoms with E-state index in [1.807, 2.05) is 90.8 Å². The topological polar surface area (TPSA) is 115 Å². The summed E-state index contributed by atoms with van der Waals surface area (Å²) >= 11 is 0. The van der Waals surface area contributed by atoms with Crippen molar-refractivity contribution in [3.05, 3.63) is 189 Å². The summed E-state index contributed by atoms with van der Waals surface area (Å²) < 4.78 is 26.2. The van der Waals surface area contributed by atoms with Crippen LogP contribution in [-0.4, -0.2) is 65.7 Å². The normalized spacial score (nSPS) is 18.4. The maximum atomic E-state index is 13.4. The molecule has 7 aromatic carbocycles. The van der Waals surface area contributed by atoms with Gasteiger partial charge in [0.2, 0.25) is 0 Å². The van der Waals surface area contributed by atoms with Gasteiger partial charge in [0.1, 0.15) is 29.3 Å². The lowest BCUT2D eigenvalue weighted by molar-refractivity contribution is -0.0951. The first-order chi connectivity index (χ1) is 28.3. The highest BCUT2D eigenvalue weighted by atomic mass is 16.6. The summed E-state index contributed by atoms with van der Waals surface area (Å²) in [6, 6.07) is 45.2. The Hall–Kier alpha value is -6.30. The van der Waals surface area contributed by atoms with Crippen LogP contribution in [0.1, 0.15) is 28.5 Å². The molecule has 0 radical (unpaired) electrons. The SMILES string of the molecule is COc1ccc(C(OC[C@H]2O[C@@H](n3ccc(=O)[nH]c3=O)[C@@H](N(C)Cc3ccc4ccc5cccc6ccc3c4c56)C2O)(c2ccccc2)c2ccc(OC)cc2)cc1. The molecule has 0 amide bonds. The maximum absolute atomic E-state index is 13.4. The predicted octanol–water partition coefficient (Wildman–Crippen LogP) is 7.22. The largest absolute Gasteiger partial charge is 0.497 e. The van der Waals surface area contributed by atoms with E-state index in [0.29, 0.717) is 18.0 Å². The molecule has 2 heterocycles. The zero-order valence-electron chi connectivity index (χ0n) is 32.4. The Balaban J connectivity index is 1.11. The first-order valence-electron chi connectivity index (χ1n) is 19.3. The molecule has 58 heavy (non-hydrogen) atoms. The van der Waals surface area contributed by atoms with Gasteiger partial charge in [0.25, 0.3) is 5.56 Å². The molecule has 1 fully saturated rings. The molecule has 0 saturated carbocycles. The number of H-pyrrole nitrogens is 1. The fourth-order valence-corrected chi connectivity index (χ4v) is 8.79. The minimum Gasteiger partial charge on any atom is -0.497 e. The van der Waals surface area contributed by atoms with Gasteiger partial charge in [-0.2, -0.15) is 0 Å². The van der Waals surface area contributed by atoms with Crippen LogP contribution in [0.5, 0.6) is 11.5 Å². The second-order valence-corrected chi connectivity index (χ2v) is 14.9. The van der Waals surface area contributed by atoms with Crippen LogP contribution in [0.3, 0.4) is 0 Å². The van der Waals surface area contributed by atoms with E-state index in [4.69, 9.17) is 18.9 Å². The van der Waals surface area contributed by atoms with Crippen LogP contribution in [0.2, 0.25) is 0 Å². The van der Waals surface area contributed by atoms with E-state index >= 15 is 0 Å². The van der Waals surface area contributed by atoms with Crippen molar-refractivity contribution in [2.24, 2.45) is 0 Å². The van der Waals surface area contributed by atoms with E-state index in [2.05, 4.69) is 59.6 Å². The summed E-state index contributed by atoms with van der Waals surface area (Å²) in [6.07, 6.45) is -1.56. The molecule has 1 aromatic heterocycles. The third kappa shape index (κ3) is 6.40. The van der Waals surface area contributed by atoms with Gasteiger partial charge in [0.05, 0.1) is 26.9 Å². The van der Waals surface area contributed by atoms with Crippen LogP contribution >= 0.6 is 0 Å². The number of benzene rings is 7. The standard InChI is InChI=1S/C48H43N3O7/c1-50(28-33-15-14-32-13-12-30-8-7-9-31-16-25-39(33)43(32)42(30)31)44-45(53)40(58-46(44)51-27-26-41(52)49-47(51)54)29-57-48(34-10-5-4-6-11-34,35-17-21-37(55-2)22-18-35)36-19-23-38(56-3)24-20-36/h4-27,40,44-46,53H,28-29H2,1-3H3,(H,49,52,54)/t40-,44+,45?,46-/m1/s1. The van der Waals surface area contributed by atoms with Crippen molar-refractivity contribution in [1.29, 1.82) is 0 Å². The minimum atomic E-state index is -1.17. The molecule has 10 nitrogen and oxygen atoms in total. The van der Waals surface area contributed by atoms with Gasteiger partial charge < -0.3 is 24.1 Å². The van der Waals surface area contributed by atoms with Crippen LogP contribution in [0.4, 0.5) is 0 Å². The van der Waals surface area contributed by atoms with Gasteiger partial charge in [-0.3, -0.25) is 19.2 Å². The van der Waals surface area contributed by atoms with Crippen molar-refractivity contribution in [2.75, 3.05) is 27.9 Å². The number of methoxy groups -OCH3 is 2. The third-order valence-electron chi connectivity index (χ3n) is 11.6. The van der Waals surface area contributed by atoms with Gasteiger partial charge in [-0.15, -0.1) is 0 Å². The van der Waals surface area contributed by atoms with Crippen LogP contribution < -0.4 is 20.7 Å². The van der Waals surface area contributed by atoms with Crippen LogP contribution in [0.15, 0.2) is 155 Å². The summed E-state index contributed by atoms with van der Waals surface area (Å²) in [5, 5.41) is 19.4. The summed E-state index contributed by atoms with van der Waals surface area (Å²) in [6.45, 7) is 0.374. The molecule has 1 unspecified atom stereocenters. The number of likely N-dealkylation sites (N-methyl/N-ethyl adjacent to an activating group) is 1. The summed E-state index contributed by atoms with van der Waals surface area (Å²) in [7, 11) is 5.17. The second-order valence-electron chi connectivity index (χ2n) is 14.9. The molecular formula is C48H43N3O7. The molecule has 1 aliphatic heterocycles. The van der Waals surface area contributed by atoms with E-state index < -0.39 is 41.3 Å². The first-order valence-corrected chi connectivity index (χ1v) is 19.3. The van der Waals surface area contributed by atoms with Gasteiger partial charge in [0, 0.05) is 18.8 Å². The molecule has 0 aliphatic carbocycles. The Bertz CT molecular complexity index is 2760. The molecule has 292 valence electrons. The van der Waals surface area contributed by atoms with Gasteiger partial charge in [-0.05, 0) is 85.9 Å². The molecule has 4 atom stereocenters. The van der Waals surface area contributed by atoms with E-state index in [-0.39, 0.29) is 6.61 Å². The van der Waals surface area contributed by atoms with Crippen molar-refractivity contribution in [3.63, 3.8) is 0 Å². The highest BCUT2D eigenvalue weighted by Crippen LogP contribution is 2.44. The number of nitrogens with zero attached hydrogens (tertiary/aromatic N) is 2. The number of rotatable bonds is 12. The second kappa shape index (κ2) is 15.2. The zero-order valence-corrected chi connectivity index (χ0v) is 32.4. The molecule has 0 spiro atoms. The van der Waals surface area contributed by atoms with Crippen molar-refractivity contribution in [3.8, 4) is 11.5 Å². The van der Waals surface area contributed by atoms with Crippen molar-refractivity contribution in [2.45, 2.75) is 36.6 Å². The fraction of sp³-hybridized carbons (Fsp3) is 0.208. The number of ether oxygens (including phenoxy) is 4. The lowest BCUT2D eigenvalue weighted by Gasteiger charge is -2.37. The van der Waals surface area contributed by atoms with Gasteiger partial charge in [0.15, 0.2) is 6.23 Å². The molecule has 9 rings (SSSR count). The summed E-state index contributed by atoms with van der Waals surface area (Å²) in [5.74, 6) is 1.39. The molecule has 1 aliphatic rings. The fourth-order valence-electron chi connectivity index (χ4n) is 8.79. The molecule has 8 aromatic rings. The Kier molecular flexibility index (Phi) is 9.79. The smallest absolute Gasteiger partial charge is 0.330 e. The van der Waals surface area contributed by atoms with Gasteiger partial charge >= 0.3 is 5.69 Å². The maximum Gasteiger partial charge on any atom is 0.330 e. The lowest BCUT2D eigenvalue weighted by Crippen LogP contribution is -2.47. The van der Waals surface area contributed by atoms with E-state index in [1.165, 1.54) is 38.4 Å². The average Bonchev–Trinajstić information content (AvgIpc) is 3.59. The molecule has 0 bridgehead atoms. The third-order valence-corrected chi connectivity index (χ3v) is 11.6. The minimum absolute atomic E-state index is 0.0637. The summed E-state index contributed by atoms with van der Waals surface area (Å²) in [5.41, 5.74) is 1.25. The van der Waals surface area contributed by atoms with Crippen LogP contribution in [0, 0.1) is 0 Å². The van der Waals surface area contributed by atoms with Crippen molar-refractivity contribution in [1.82, 2.24) is 14.5 Å². The van der Waals surface area contributed by atoms with Crippen molar-refractivity contribution >= 4 is 32.3 Å². The van der Waals surface area contributed by atoms with E-state index in [1.54, 1.807) is 14.2 Å². The monoisotopic (exact) mass is 773 g/mol. The van der Waals surface area contributed by atoms with E-state index in [0.717, 1.165) is 33.0 Å². The van der Waals surface area contributed by atoms with Gasteiger partial charge in [-0.25, -0.2) is 4.79 Å². The highest BCUT2D eigenvalue weighted by molar-refractivity contribution is 6.23. The van der Waals surface area contributed by atoms with Crippen LogP contribution in [0.25, 0.3) is 32.3 Å². The van der Waals surface area contributed by atoms with Crippen molar-refractivity contribution < 1.29 is 24.1 Å². The molecule has 1 saturated heterocycles. The Morgan fingerprint density at radius 2 is 1.29 bits per heavy atom. The van der Waals surface area contributed by atoms with Gasteiger partial charge in [-0.1, -0.05) is 109 Å². The van der Waals surface area contributed by atoms with Crippen LogP contribution in [-0.2, 0) is 21.6 Å². The lowest BCUT2D eigenvalue weighted by atomic mass is 9.80. The Labute approximate surface area is 334 Å².